The van der Waals surface area contributed by atoms with Gasteiger partial charge >= 0.3 is 0 Å². The number of hydrogen-bond donors (Lipinski definition) is 2. The first-order valence-corrected chi connectivity index (χ1v) is 5.81. The van der Waals surface area contributed by atoms with Crippen molar-refractivity contribution in [3.63, 3.8) is 0 Å². The van der Waals surface area contributed by atoms with Crippen LogP contribution in [0.25, 0.3) is 5.69 Å². The normalized spacial score (nSPS) is 10.5. The molecule has 1 aromatic heterocycles. The van der Waals surface area contributed by atoms with E-state index in [1.54, 1.807) is 13.4 Å². The fourth-order valence-corrected chi connectivity index (χ4v) is 1.95. The second-order valence-corrected chi connectivity index (χ2v) is 4.31. The average Bonchev–Trinajstić information content (AvgIpc) is 2.76. The second kappa shape index (κ2) is 5.22. The molecule has 0 saturated heterocycles. The van der Waals surface area contributed by atoms with E-state index in [-0.39, 0.29) is 0 Å². The van der Waals surface area contributed by atoms with Gasteiger partial charge < -0.3 is 14.5 Å². The van der Waals surface area contributed by atoms with E-state index in [0.29, 0.717) is 0 Å². The zero-order valence-corrected chi connectivity index (χ0v) is 10.4. The lowest BCUT2D eigenvalue weighted by Crippen LogP contribution is -1.97. The van der Waals surface area contributed by atoms with Crippen LogP contribution >= 0.6 is 11.9 Å². The van der Waals surface area contributed by atoms with Gasteiger partial charge in [0.2, 0.25) is 0 Å². The summed E-state index contributed by atoms with van der Waals surface area (Å²) in [5, 5.41) is 8.63. The van der Waals surface area contributed by atoms with Gasteiger partial charge in [0, 0.05) is 11.1 Å². The van der Waals surface area contributed by atoms with E-state index < -0.39 is 0 Å². The largest absolute Gasteiger partial charge is 0.495 e. The fourth-order valence-electron chi connectivity index (χ4n) is 1.54. The Balaban J connectivity index is 2.40. The molecule has 6 heteroatoms. The third-order valence-corrected chi connectivity index (χ3v) is 2.89. The lowest BCUT2D eigenvalue weighted by Gasteiger charge is -2.10. The van der Waals surface area contributed by atoms with Crippen LogP contribution in [0.15, 0.2) is 35.6 Å². The molecule has 2 aromatic rings. The molecule has 0 fully saturated rings. The molecule has 0 aliphatic heterocycles. The van der Waals surface area contributed by atoms with Crippen LogP contribution in [0, 0.1) is 6.92 Å². The van der Waals surface area contributed by atoms with Crippen molar-refractivity contribution in [2.24, 2.45) is 0 Å². The minimum atomic E-state index is 0.725. The van der Waals surface area contributed by atoms with Crippen molar-refractivity contribution in [3.05, 3.63) is 36.4 Å². The van der Waals surface area contributed by atoms with Gasteiger partial charge in [0.05, 0.1) is 24.8 Å². The van der Waals surface area contributed by atoms with Crippen molar-refractivity contribution in [1.82, 2.24) is 14.4 Å². The maximum absolute atomic E-state index is 8.63. The Labute approximate surface area is 104 Å². The Hall–Kier alpha value is -1.50. The molecular weight excluding hydrogens is 238 g/mol. The minimum absolute atomic E-state index is 0.725. The van der Waals surface area contributed by atoms with Gasteiger partial charge in [-0.25, -0.2) is 4.98 Å². The van der Waals surface area contributed by atoms with E-state index >= 15 is 0 Å². The van der Waals surface area contributed by atoms with Crippen molar-refractivity contribution in [3.8, 4) is 11.4 Å². The van der Waals surface area contributed by atoms with Gasteiger partial charge in [-0.05, 0) is 37.1 Å². The van der Waals surface area contributed by atoms with Crippen LogP contribution in [-0.4, -0.2) is 21.9 Å². The maximum atomic E-state index is 8.63. The predicted octanol–water partition coefficient (Wildman–Crippen LogP) is 2.18. The summed E-state index contributed by atoms with van der Waals surface area (Å²) in [5.74, 6) is 0.725. The Kier molecular flexibility index (Phi) is 3.68. The smallest absolute Gasteiger partial charge is 0.144 e. The van der Waals surface area contributed by atoms with Crippen LogP contribution in [0.2, 0.25) is 0 Å². The van der Waals surface area contributed by atoms with Gasteiger partial charge in [-0.15, -0.1) is 4.89 Å². The van der Waals surface area contributed by atoms with Crippen molar-refractivity contribution < 1.29 is 9.94 Å². The van der Waals surface area contributed by atoms with Crippen LogP contribution in [0.1, 0.15) is 5.69 Å². The summed E-state index contributed by atoms with van der Waals surface area (Å²) in [6.45, 7) is 1.93. The van der Waals surface area contributed by atoms with Crippen molar-refractivity contribution in [1.29, 1.82) is 0 Å². The first kappa shape index (κ1) is 12.0. The third kappa shape index (κ3) is 2.60. The molecule has 2 N–H and O–H groups in total. The molecule has 0 bridgehead atoms. The summed E-state index contributed by atoms with van der Waals surface area (Å²) in [4.78, 5) is 7.08. The molecule has 5 nitrogen and oxygen atoms in total. The highest BCUT2D eigenvalue weighted by Gasteiger charge is 2.07. The Morgan fingerprint density at radius 2 is 2.29 bits per heavy atom. The summed E-state index contributed by atoms with van der Waals surface area (Å²) >= 11 is 1.11. The molecule has 1 heterocycles. The van der Waals surface area contributed by atoms with Gasteiger partial charge in [-0.1, -0.05) is 0 Å². The molecule has 0 spiro atoms. The summed E-state index contributed by atoms with van der Waals surface area (Å²) < 4.78 is 7.22. The average molecular weight is 251 g/mol. The van der Waals surface area contributed by atoms with E-state index in [1.165, 1.54) is 0 Å². The zero-order valence-electron chi connectivity index (χ0n) is 9.54. The van der Waals surface area contributed by atoms with Crippen LogP contribution in [0.4, 0.5) is 0 Å². The van der Waals surface area contributed by atoms with Crippen LogP contribution in [-0.2, 0) is 0 Å². The number of nitrogens with zero attached hydrogens (tertiary/aromatic N) is 2. The molecule has 1 aromatic carbocycles. The molecule has 0 aliphatic carbocycles. The molecule has 17 heavy (non-hydrogen) atoms. The van der Waals surface area contributed by atoms with Gasteiger partial charge in [-0.3, -0.25) is 0 Å². The molecule has 0 saturated carbocycles. The van der Waals surface area contributed by atoms with E-state index in [4.69, 9.17) is 9.94 Å². The number of rotatable bonds is 4. The number of hydrogen-bond acceptors (Lipinski definition) is 5. The Morgan fingerprint density at radius 3 is 2.88 bits per heavy atom. The molecule has 2 rings (SSSR count). The zero-order chi connectivity index (χ0) is 12.3. The van der Waals surface area contributed by atoms with Crippen LogP contribution < -0.4 is 9.62 Å². The standard InChI is InChI=1S/C11H13N3O2S/c1-8-6-14(7-12-8)10-4-3-9(17-13-15)5-11(10)16-2/h3-7,13,15H,1-2H3. The highest BCUT2D eigenvalue weighted by molar-refractivity contribution is 7.97. The summed E-state index contributed by atoms with van der Waals surface area (Å²) in [6.07, 6.45) is 3.67. The molecule has 90 valence electrons. The monoisotopic (exact) mass is 251 g/mol. The van der Waals surface area contributed by atoms with Gasteiger partial charge in [0.15, 0.2) is 0 Å². The lowest BCUT2D eigenvalue weighted by molar-refractivity contribution is 0.258. The first-order valence-electron chi connectivity index (χ1n) is 4.99. The van der Waals surface area contributed by atoms with Crippen LogP contribution in [0.3, 0.4) is 0 Å². The maximum Gasteiger partial charge on any atom is 0.144 e. The highest BCUT2D eigenvalue weighted by atomic mass is 32.2. The molecule has 0 aliphatic rings. The number of benzene rings is 1. The Bertz CT molecular complexity index is 513. The van der Waals surface area contributed by atoms with Crippen molar-refractivity contribution >= 4 is 11.9 Å². The van der Waals surface area contributed by atoms with E-state index in [9.17, 15) is 0 Å². The van der Waals surface area contributed by atoms with Gasteiger partial charge in [-0.2, -0.15) is 0 Å². The quantitative estimate of drug-likeness (QED) is 0.644. The van der Waals surface area contributed by atoms with Crippen molar-refractivity contribution in [2.45, 2.75) is 11.8 Å². The first-order chi connectivity index (χ1) is 8.24. The summed E-state index contributed by atoms with van der Waals surface area (Å²) in [5.41, 5.74) is 1.86. The van der Waals surface area contributed by atoms with Gasteiger partial charge in [0.25, 0.3) is 0 Å². The Morgan fingerprint density at radius 1 is 1.47 bits per heavy atom. The molecule has 0 radical (unpaired) electrons. The van der Waals surface area contributed by atoms with E-state index in [1.807, 2.05) is 40.8 Å². The van der Waals surface area contributed by atoms with Crippen LogP contribution in [0.5, 0.6) is 5.75 Å². The van der Waals surface area contributed by atoms with Gasteiger partial charge in [0.1, 0.15) is 5.75 Å². The second-order valence-electron chi connectivity index (χ2n) is 3.45. The predicted molar refractivity (Wildman–Crippen MR) is 65.6 cm³/mol. The number of aryl methyl sites for hydroxylation is 1. The minimum Gasteiger partial charge on any atom is -0.495 e. The van der Waals surface area contributed by atoms with E-state index in [0.717, 1.165) is 34.0 Å². The SMILES string of the molecule is COc1cc(SNO)ccc1-n1cnc(C)c1. The number of nitrogens with one attached hydrogen (secondary N) is 1. The molecular formula is C11H13N3O2S. The fraction of sp³-hybridized carbons (Fsp3) is 0.182. The lowest BCUT2D eigenvalue weighted by atomic mass is 10.3. The molecule has 0 amide bonds. The molecule has 0 unspecified atom stereocenters. The van der Waals surface area contributed by atoms with E-state index in [2.05, 4.69) is 4.98 Å². The number of methoxy groups -OCH3 is 1. The summed E-state index contributed by atoms with van der Waals surface area (Å²) in [7, 11) is 1.61. The third-order valence-electron chi connectivity index (χ3n) is 2.30. The number of aromatic nitrogens is 2. The molecule has 0 atom stereocenters. The summed E-state index contributed by atoms with van der Waals surface area (Å²) in [6, 6.07) is 5.65. The highest BCUT2D eigenvalue weighted by Crippen LogP contribution is 2.27. The van der Waals surface area contributed by atoms with Crippen molar-refractivity contribution in [2.75, 3.05) is 7.11 Å². The number of ether oxygens (including phenoxy) is 1. The topological polar surface area (TPSA) is 59.3 Å². The number of imidazole rings is 1.